The zero-order valence-electron chi connectivity index (χ0n) is 11.2. The molecule has 0 aliphatic rings. The number of hydrogen-bond acceptors (Lipinski definition) is 4. The number of amides is 1. The Morgan fingerprint density at radius 1 is 1.41 bits per heavy atom. The standard InChI is InChI=1S/C6H16N.C4H7NO.NO3/c1-5-6-7(2,3)4;1-3-4(6)5-2;2-1(3)4/h5-6H2,1-4H3;3H,1H2,2H3,(H,5,6);/q+1;;-1. The summed E-state index contributed by atoms with van der Waals surface area (Å²) in [6, 6.07) is 0. The maximum absolute atomic E-state index is 9.95. The van der Waals surface area contributed by atoms with Gasteiger partial charge in [-0.3, -0.25) is 4.79 Å². The first kappa shape index (κ1) is 20.7. The average molecular weight is 249 g/mol. The molecule has 0 fully saturated rings. The minimum Gasteiger partial charge on any atom is -0.356 e. The SMILES string of the molecule is C=CC(=O)NC.CCC[N+](C)(C)C.O=[N+]([O-])[O-]. The van der Waals surface area contributed by atoms with Crippen molar-refractivity contribution in [2.45, 2.75) is 13.3 Å². The highest BCUT2D eigenvalue weighted by molar-refractivity contribution is 5.86. The van der Waals surface area contributed by atoms with Crippen LogP contribution in [0.5, 0.6) is 0 Å². The normalized spacial score (nSPS) is 8.76. The summed E-state index contributed by atoms with van der Waals surface area (Å²) in [6.07, 6.45) is 2.50. The lowest BCUT2D eigenvalue weighted by Gasteiger charge is -2.22. The van der Waals surface area contributed by atoms with Crippen LogP contribution >= 0.6 is 0 Å². The summed E-state index contributed by atoms with van der Waals surface area (Å²) in [6.45, 7) is 6.71. The monoisotopic (exact) mass is 249 g/mol. The van der Waals surface area contributed by atoms with Gasteiger partial charge in [-0.2, -0.15) is 0 Å². The van der Waals surface area contributed by atoms with E-state index < -0.39 is 5.09 Å². The Morgan fingerprint density at radius 2 is 1.76 bits per heavy atom. The van der Waals surface area contributed by atoms with Gasteiger partial charge in [0.2, 0.25) is 5.91 Å². The van der Waals surface area contributed by atoms with Crippen molar-refractivity contribution in [3.63, 3.8) is 0 Å². The lowest BCUT2D eigenvalue weighted by molar-refractivity contribution is -0.870. The van der Waals surface area contributed by atoms with Crippen molar-refractivity contribution in [1.29, 1.82) is 0 Å². The third kappa shape index (κ3) is 54.2. The van der Waals surface area contributed by atoms with Crippen LogP contribution in [0, 0.1) is 15.3 Å². The topological polar surface area (TPSA) is 95.3 Å². The van der Waals surface area contributed by atoms with E-state index in [-0.39, 0.29) is 5.91 Å². The summed E-state index contributed by atoms with van der Waals surface area (Å²) in [4.78, 5) is 18.2. The first-order chi connectivity index (χ1) is 7.60. The van der Waals surface area contributed by atoms with Gasteiger partial charge in [0.25, 0.3) is 0 Å². The Labute approximate surface area is 102 Å². The maximum Gasteiger partial charge on any atom is 0.243 e. The van der Waals surface area contributed by atoms with Crippen molar-refractivity contribution in [2.24, 2.45) is 0 Å². The molecule has 0 spiro atoms. The molecule has 0 rings (SSSR count). The van der Waals surface area contributed by atoms with Gasteiger partial charge in [0.15, 0.2) is 0 Å². The van der Waals surface area contributed by atoms with Crippen LogP contribution in [0.2, 0.25) is 0 Å². The summed E-state index contributed by atoms with van der Waals surface area (Å²) in [5, 5.41) is 17.1. The first-order valence-electron chi connectivity index (χ1n) is 5.06. The van der Waals surface area contributed by atoms with E-state index in [9.17, 15) is 4.79 Å². The Hall–Kier alpha value is -1.63. The quantitative estimate of drug-likeness (QED) is 0.346. The van der Waals surface area contributed by atoms with Crippen LogP contribution in [0.15, 0.2) is 12.7 Å². The molecule has 0 aromatic heterocycles. The van der Waals surface area contributed by atoms with Crippen molar-refractivity contribution in [3.8, 4) is 0 Å². The van der Waals surface area contributed by atoms with Crippen molar-refractivity contribution >= 4 is 5.91 Å². The number of rotatable bonds is 3. The van der Waals surface area contributed by atoms with Crippen LogP contribution in [0.25, 0.3) is 0 Å². The average Bonchev–Trinajstić information content (AvgIpc) is 2.14. The summed E-state index contributed by atoms with van der Waals surface area (Å²) >= 11 is 0. The molecule has 0 saturated heterocycles. The first-order valence-corrected chi connectivity index (χ1v) is 5.06. The minimum atomic E-state index is -1.75. The van der Waals surface area contributed by atoms with Crippen molar-refractivity contribution in [1.82, 2.24) is 5.32 Å². The number of nitrogens with zero attached hydrogens (tertiary/aromatic N) is 2. The van der Waals surface area contributed by atoms with Crippen LogP contribution < -0.4 is 5.32 Å². The van der Waals surface area contributed by atoms with Crippen LogP contribution in [0.3, 0.4) is 0 Å². The zero-order chi connectivity index (χ0) is 14.5. The summed E-state index contributed by atoms with van der Waals surface area (Å²) < 4.78 is 1.09. The molecule has 0 aromatic carbocycles. The number of likely N-dealkylation sites (N-methyl/N-ethyl adjacent to an activating group) is 1. The fourth-order valence-electron chi connectivity index (χ4n) is 0.773. The van der Waals surface area contributed by atoms with Gasteiger partial charge in [-0.15, -0.1) is 0 Å². The largest absolute Gasteiger partial charge is 0.356 e. The van der Waals surface area contributed by atoms with Crippen LogP contribution in [0.4, 0.5) is 0 Å². The third-order valence-corrected chi connectivity index (χ3v) is 1.33. The molecular weight excluding hydrogens is 226 g/mol. The van der Waals surface area contributed by atoms with E-state index in [1.807, 2.05) is 0 Å². The highest BCUT2D eigenvalue weighted by Crippen LogP contribution is 1.90. The predicted octanol–water partition coefficient (Wildman–Crippen LogP) is 0.782. The molecule has 0 saturated carbocycles. The van der Waals surface area contributed by atoms with Gasteiger partial charge >= 0.3 is 0 Å². The van der Waals surface area contributed by atoms with Crippen molar-refractivity contribution in [2.75, 3.05) is 34.7 Å². The fourth-order valence-corrected chi connectivity index (χ4v) is 0.773. The second-order valence-electron chi connectivity index (χ2n) is 4.06. The molecule has 0 unspecified atom stereocenters. The van der Waals surface area contributed by atoms with Crippen molar-refractivity contribution in [3.05, 3.63) is 28.0 Å². The van der Waals surface area contributed by atoms with Gasteiger partial charge in [0.1, 0.15) is 0 Å². The zero-order valence-corrected chi connectivity index (χ0v) is 11.2. The maximum atomic E-state index is 9.95. The van der Waals surface area contributed by atoms with Gasteiger partial charge < -0.3 is 25.1 Å². The highest BCUT2D eigenvalue weighted by atomic mass is 16.9. The van der Waals surface area contributed by atoms with Gasteiger partial charge in [0, 0.05) is 7.05 Å². The predicted molar refractivity (Wildman–Crippen MR) is 67.8 cm³/mol. The van der Waals surface area contributed by atoms with E-state index in [4.69, 9.17) is 15.3 Å². The Morgan fingerprint density at radius 3 is 1.76 bits per heavy atom. The van der Waals surface area contributed by atoms with Crippen LogP contribution in [0.1, 0.15) is 13.3 Å². The molecule has 0 bridgehead atoms. The smallest absolute Gasteiger partial charge is 0.243 e. The fraction of sp³-hybridized carbons (Fsp3) is 0.700. The number of carbonyl (C=O) groups excluding carboxylic acids is 1. The molecule has 0 radical (unpaired) electrons. The van der Waals surface area contributed by atoms with Crippen molar-refractivity contribution < 1.29 is 14.4 Å². The lowest BCUT2D eigenvalue weighted by Crippen LogP contribution is -2.34. The number of nitrogens with one attached hydrogen (secondary N) is 1. The van der Waals surface area contributed by atoms with E-state index >= 15 is 0 Å². The summed E-state index contributed by atoms with van der Waals surface area (Å²) in [7, 11) is 8.19. The Kier molecular flexibility index (Phi) is 15.2. The lowest BCUT2D eigenvalue weighted by atomic mass is 10.4. The third-order valence-electron chi connectivity index (χ3n) is 1.33. The number of quaternary nitrogens is 1. The number of hydrogen-bond donors (Lipinski definition) is 1. The van der Waals surface area contributed by atoms with E-state index in [0.29, 0.717) is 0 Å². The molecule has 1 N–H and O–H groups in total. The molecular formula is C10H23N3O4. The molecule has 0 aliphatic carbocycles. The molecule has 17 heavy (non-hydrogen) atoms. The molecule has 102 valence electrons. The van der Waals surface area contributed by atoms with E-state index in [0.717, 1.165) is 4.48 Å². The minimum absolute atomic E-state index is 0.144. The number of carbonyl (C=O) groups is 1. The second-order valence-corrected chi connectivity index (χ2v) is 4.06. The molecule has 0 aromatic rings. The van der Waals surface area contributed by atoms with Gasteiger partial charge in [0.05, 0.1) is 32.8 Å². The van der Waals surface area contributed by atoms with Gasteiger partial charge in [-0.1, -0.05) is 13.5 Å². The second kappa shape index (κ2) is 12.4. The summed E-state index contributed by atoms with van der Waals surface area (Å²) in [5.74, 6) is -0.144. The van der Waals surface area contributed by atoms with Gasteiger partial charge in [-0.05, 0) is 12.5 Å². The summed E-state index contributed by atoms with van der Waals surface area (Å²) in [5.41, 5.74) is 0. The van der Waals surface area contributed by atoms with E-state index in [1.54, 1.807) is 7.05 Å². The molecule has 1 amide bonds. The highest BCUT2D eigenvalue weighted by Gasteiger charge is 2.01. The van der Waals surface area contributed by atoms with E-state index in [2.05, 4.69) is 40.0 Å². The van der Waals surface area contributed by atoms with Crippen LogP contribution in [-0.4, -0.2) is 50.2 Å². The Bertz CT molecular complexity index is 220. The molecule has 0 atom stereocenters. The van der Waals surface area contributed by atoms with Crippen LogP contribution in [-0.2, 0) is 4.79 Å². The molecule has 0 aliphatic heterocycles. The molecule has 0 heterocycles. The Balaban J connectivity index is -0.000000180. The molecule has 7 nitrogen and oxygen atoms in total. The molecule has 7 heteroatoms. The van der Waals surface area contributed by atoms with Gasteiger partial charge in [-0.25, -0.2) is 0 Å². The van der Waals surface area contributed by atoms with E-state index in [1.165, 1.54) is 19.0 Å².